The summed E-state index contributed by atoms with van der Waals surface area (Å²) in [5, 5.41) is 0. The Balaban J connectivity index is 2.55. The minimum absolute atomic E-state index is 0.280. The molecule has 0 aromatic carbocycles. The van der Waals surface area contributed by atoms with Crippen LogP contribution in [0.5, 0.6) is 0 Å². The predicted molar refractivity (Wildman–Crippen MR) is 75.0 cm³/mol. The minimum Gasteiger partial charge on any atom is -0.368 e. The van der Waals surface area contributed by atoms with E-state index in [0.717, 1.165) is 5.92 Å². The first-order valence-corrected chi connectivity index (χ1v) is 7.04. The van der Waals surface area contributed by atoms with Crippen LogP contribution in [0.15, 0.2) is 0 Å². The van der Waals surface area contributed by atoms with E-state index in [1.807, 2.05) is 0 Å². The SMILES string of the molecule is CC1CCCC(N(C)C(C)CC(C)(N)C(N)=O)C1. The van der Waals surface area contributed by atoms with Gasteiger partial charge in [-0.15, -0.1) is 0 Å². The number of hydrogen-bond acceptors (Lipinski definition) is 3. The molecule has 0 heterocycles. The highest BCUT2D eigenvalue weighted by atomic mass is 16.1. The van der Waals surface area contributed by atoms with Crippen LogP contribution < -0.4 is 11.5 Å². The van der Waals surface area contributed by atoms with Crippen molar-refractivity contribution >= 4 is 5.91 Å². The molecule has 4 N–H and O–H groups in total. The van der Waals surface area contributed by atoms with E-state index in [9.17, 15) is 4.79 Å². The first-order valence-electron chi connectivity index (χ1n) is 7.04. The number of carbonyl (C=O) groups is 1. The van der Waals surface area contributed by atoms with Crippen molar-refractivity contribution in [3.8, 4) is 0 Å². The zero-order chi connectivity index (χ0) is 13.9. The molecule has 0 aromatic rings. The summed E-state index contributed by atoms with van der Waals surface area (Å²) < 4.78 is 0. The highest BCUT2D eigenvalue weighted by molar-refractivity contribution is 5.83. The highest BCUT2D eigenvalue weighted by Crippen LogP contribution is 2.28. The second-order valence-electron chi connectivity index (χ2n) is 6.43. The average molecular weight is 255 g/mol. The lowest BCUT2D eigenvalue weighted by Crippen LogP contribution is -2.54. The molecule has 1 rings (SSSR count). The highest BCUT2D eigenvalue weighted by Gasteiger charge is 2.32. The third-order valence-corrected chi connectivity index (χ3v) is 4.46. The molecule has 4 atom stereocenters. The van der Waals surface area contributed by atoms with Crippen LogP contribution in [-0.2, 0) is 4.79 Å². The molecular weight excluding hydrogens is 226 g/mol. The second-order valence-corrected chi connectivity index (χ2v) is 6.43. The van der Waals surface area contributed by atoms with E-state index < -0.39 is 11.4 Å². The Kier molecular flexibility index (Phi) is 5.17. The first kappa shape index (κ1) is 15.4. The lowest BCUT2D eigenvalue weighted by molar-refractivity contribution is -0.123. The van der Waals surface area contributed by atoms with Crippen LogP contribution in [0.25, 0.3) is 0 Å². The first-order chi connectivity index (χ1) is 8.24. The van der Waals surface area contributed by atoms with Gasteiger partial charge in [-0.3, -0.25) is 4.79 Å². The molecule has 4 unspecified atom stereocenters. The second kappa shape index (κ2) is 6.02. The normalized spacial score (nSPS) is 29.9. The standard InChI is InChI=1S/C14H29N3O/c1-10-6-5-7-12(8-10)17(4)11(2)9-14(3,16)13(15)18/h10-12H,5-9,16H2,1-4H3,(H2,15,18). The quantitative estimate of drug-likeness (QED) is 0.781. The van der Waals surface area contributed by atoms with Gasteiger partial charge < -0.3 is 16.4 Å². The van der Waals surface area contributed by atoms with Gasteiger partial charge in [0.1, 0.15) is 0 Å². The molecule has 1 aliphatic carbocycles. The average Bonchev–Trinajstić information content (AvgIpc) is 2.27. The fourth-order valence-electron chi connectivity index (χ4n) is 2.99. The Bertz CT molecular complexity index is 291. The molecule has 1 saturated carbocycles. The van der Waals surface area contributed by atoms with E-state index in [-0.39, 0.29) is 6.04 Å². The Morgan fingerprint density at radius 2 is 2.11 bits per heavy atom. The fraction of sp³-hybridized carbons (Fsp3) is 0.929. The van der Waals surface area contributed by atoms with Crippen LogP contribution in [0.2, 0.25) is 0 Å². The van der Waals surface area contributed by atoms with Crippen molar-refractivity contribution in [3.05, 3.63) is 0 Å². The molecule has 1 fully saturated rings. The summed E-state index contributed by atoms with van der Waals surface area (Å²) >= 11 is 0. The number of amides is 1. The third kappa shape index (κ3) is 3.95. The van der Waals surface area contributed by atoms with E-state index in [2.05, 4.69) is 25.8 Å². The molecule has 0 spiro atoms. The van der Waals surface area contributed by atoms with E-state index >= 15 is 0 Å². The Morgan fingerprint density at radius 1 is 1.50 bits per heavy atom. The topological polar surface area (TPSA) is 72.3 Å². The van der Waals surface area contributed by atoms with Gasteiger partial charge >= 0.3 is 0 Å². The van der Waals surface area contributed by atoms with Crippen LogP contribution in [-0.4, -0.2) is 35.5 Å². The summed E-state index contributed by atoms with van der Waals surface area (Å²) in [4.78, 5) is 13.7. The molecule has 1 aliphatic rings. The summed E-state index contributed by atoms with van der Waals surface area (Å²) in [5.41, 5.74) is 10.4. The van der Waals surface area contributed by atoms with Crippen molar-refractivity contribution in [1.82, 2.24) is 4.90 Å². The largest absolute Gasteiger partial charge is 0.368 e. The lowest BCUT2D eigenvalue weighted by Gasteiger charge is -2.39. The van der Waals surface area contributed by atoms with E-state index in [4.69, 9.17) is 11.5 Å². The summed E-state index contributed by atoms with van der Waals surface area (Å²) in [5.74, 6) is 0.388. The van der Waals surface area contributed by atoms with Crippen molar-refractivity contribution in [1.29, 1.82) is 0 Å². The monoisotopic (exact) mass is 255 g/mol. The van der Waals surface area contributed by atoms with E-state index in [1.165, 1.54) is 25.7 Å². The molecule has 18 heavy (non-hydrogen) atoms. The number of nitrogens with two attached hydrogens (primary N) is 2. The van der Waals surface area contributed by atoms with Gasteiger partial charge in [-0.25, -0.2) is 0 Å². The van der Waals surface area contributed by atoms with Gasteiger partial charge in [0.05, 0.1) is 5.54 Å². The molecular formula is C14H29N3O. The van der Waals surface area contributed by atoms with Gasteiger partial charge in [0.2, 0.25) is 5.91 Å². The number of hydrogen-bond donors (Lipinski definition) is 2. The number of primary amides is 1. The summed E-state index contributed by atoms with van der Waals surface area (Å²) in [6.45, 7) is 6.18. The number of carbonyl (C=O) groups excluding carboxylic acids is 1. The molecule has 0 saturated heterocycles. The zero-order valence-electron chi connectivity index (χ0n) is 12.3. The molecule has 4 heteroatoms. The zero-order valence-corrected chi connectivity index (χ0v) is 12.3. The number of nitrogens with zero attached hydrogens (tertiary/aromatic N) is 1. The summed E-state index contributed by atoms with van der Waals surface area (Å²) in [6, 6.07) is 0.898. The van der Waals surface area contributed by atoms with E-state index in [1.54, 1.807) is 6.92 Å². The van der Waals surface area contributed by atoms with Crippen LogP contribution in [0.3, 0.4) is 0 Å². The smallest absolute Gasteiger partial charge is 0.237 e. The molecule has 106 valence electrons. The van der Waals surface area contributed by atoms with Gasteiger partial charge in [-0.05, 0) is 46.1 Å². The third-order valence-electron chi connectivity index (χ3n) is 4.46. The number of rotatable bonds is 5. The van der Waals surface area contributed by atoms with Crippen molar-refractivity contribution in [2.45, 2.75) is 70.5 Å². The van der Waals surface area contributed by atoms with Gasteiger partial charge in [-0.2, -0.15) is 0 Å². The molecule has 0 aliphatic heterocycles. The fourth-order valence-corrected chi connectivity index (χ4v) is 2.99. The van der Waals surface area contributed by atoms with Crippen molar-refractivity contribution in [2.75, 3.05) is 7.05 Å². The van der Waals surface area contributed by atoms with Gasteiger partial charge in [-0.1, -0.05) is 19.8 Å². The van der Waals surface area contributed by atoms with Gasteiger partial charge in [0, 0.05) is 12.1 Å². The van der Waals surface area contributed by atoms with Crippen LogP contribution in [0.4, 0.5) is 0 Å². The molecule has 4 nitrogen and oxygen atoms in total. The maximum absolute atomic E-state index is 11.3. The maximum Gasteiger partial charge on any atom is 0.237 e. The van der Waals surface area contributed by atoms with Crippen molar-refractivity contribution < 1.29 is 4.79 Å². The molecule has 0 bridgehead atoms. The molecule has 0 radical (unpaired) electrons. The maximum atomic E-state index is 11.3. The van der Waals surface area contributed by atoms with Gasteiger partial charge in [0.25, 0.3) is 0 Å². The van der Waals surface area contributed by atoms with Crippen LogP contribution >= 0.6 is 0 Å². The lowest BCUT2D eigenvalue weighted by atomic mass is 9.85. The van der Waals surface area contributed by atoms with Crippen LogP contribution in [0.1, 0.15) is 52.9 Å². The Labute approximate surface area is 111 Å². The van der Waals surface area contributed by atoms with Crippen molar-refractivity contribution in [3.63, 3.8) is 0 Å². The minimum atomic E-state index is -0.909. The van der Waals surface area contributed by atoms with Gasteiger partial charge in [0.15, 0.2) is 0 Å². The van der Waals surface area contributed by atoms with E-state index in [0.29, 0.717) is 12.5 Å². The molecule has 1 amide bonds. The predicted octanol–water partition coefficient (Wildman–Crippen LogP) is 1.48. The summed E-state index contributed by atoms with van der Waals surface area (Å²) in [7, 11) is 2.14. The Morgan fingerprint density at radius 3 is 2.61 bits per heavy atom. The van der Waals surface area contributed by atoms with Crippen molar-refractivity contribution in [2.24, 2.45) is 17.4 Å². The Hall–Kier alpha value is -0.610. The summed E-state index contributed by atoms with van der Waals surface area (Å²) in [6.07, 6.45) is 5.76. The van der Waals surface area contributed by atoms with Crippen LogP contribution in [0, 0.1) is 5.92 Å². The molecule has 0 aromatic heterocycles.